The summed E-state index contributed by atoms with van der Waals surface area (Å²) in [6, 6.07) is 4.46. The molecule has 2 aliphatic rings. The van der Waals surface area contributed by atoms with Crippen molar-refractivity contribution in [1.82, 2.24) is 9.88 Å². The van der Waals surface area contributed by atoms with Gasteiger partial charge in [0.15, 0.2) is 10.3 Å². The lowest BCUT2D eigenvalue weighted by Crippen LogP contribution is -2.45. The highest BCUT2D eigenvalue weighted by Gasteiger charge is 2.43. The van der Waals surface area contributed by atoms with Gasteiger partial charge >= 0.3 is 0 Å². The number of nitrogens with zero attached hydrogens (tertiary/aromatic N) is 2. The van der Waals surface area contributed by atoms with E-state index in [1.165, 1.54) is 23.5 Å². The van der Waals surface area contributed by atoms with Crippen molar-refractivity contribution in [3.63, 3.8) is 0 Å². The minimum absolute atomic E-state index is 0.116. The van der Waals surface area contributed by atoms with Gasteiger partial charge < -0.3 is 14.8 Å². The van der Waals surface area contributed by atoms with Crippen LogP contribution in [-0.2, 0) is 16.0 Å². The molecule has 0 aliphatic carbocycles. The van der Waals surface area contributed by atoms with Crippen molar-refractivity contribution in [1.29, 1.82) is 0 Å². The minimum atomic E-state index is -0.527. The number of hydrogen-bond acceptors (Lipinski definition) is 6. The van der Waals surface area contributed by atoms with Crippen molar-refractivity contribution < 1.29 is 13.9 Å². The van der Waals surface area contributed by atoms with Crippen LogP contribution < -0.4 is 5.32 Å². The van der Waals surface area contributed by atoms with Gasteiger partial charge in [-0.05, 0) is 18.2 Å². The summed E-state index contributed by atoms with van der Waals surface area (Å²) in [5.41, 5.74) is 0.380. The zero-order valence-corrected chi connectivity index (χ0v) is 16.9. The Morgan fingerprint density at radius 1 is 1.33 bits per heavy atom. The van der Waals surface area contributed by atoms with Crippen LogP contribution in [0, 0.1) is 5.82 Å². The van der Waals surface area contributed by atoms with Crippen molar-refractivity contribution in [2.24, 2.45) is 0 Å². The maximum absolute atomic E-state index is 13.8. The van der Waals surface area contributed by atoms with E-state index >= 15 is 0 Å². The van der Waals surface area contributed by atoms with E-state index in [0.29, 0.717) is 28.3 Å². The normalized spacial score (nSPS) is 22.4. The van der Waals surface area contributed by atoms with Crippen molar-refractivity contribution in [2.45, 2.75) is 31.3 Å². The Morgan fingerprint density at radius 3 is 2.89 bits per heavy atom. The first-order chi connectivity index (χ1) is 13.0. The average molecular weight is 432 g/mol. The number of benzene rings is 1. The standard InChI is InChI=1S/C18H20Cl2FN3O2S/c19-12-1-2-15(21)16(7-12)22-8-13-11-25-18(26-13)3-5-24(6-4-18)10-14-9-23-17(20)27-14/h1-2,7,9,13,22H,3-6,8,10-11H2. The molecular formula is C18H20Cl2FN3O2S. The minimum Gasteiger partial charge on any atom is -0.380 e. The summed E-state index contributed by atoms with van der Waals surface area (Å²) in [6.45, 7) is 3.60. The van der Waals surface area contributed by atoms with Crippen LogP contribution in [0.25, 0.3) is 0 Å². The maximum Gasteiger partial charge on any atom is 0.183 e. The third-order valence-corrected chi connectivity index (χ3v) is 6.22. The molecule has 2 aromatic rings. The number of nitrogens with one attached hydrogen (secondary N) is 1. The Balaban J connectivity index is 1.26. The Morgan fingerprint density at radius 2 is 2.15 bits per heavy atom. The molecule has 9 heteroatoms. The molecule has 0 radical (unpaired) electrons. The molecule has 0 bridgehead atoms. The number of likely N-dealkylation sites (tertiary alicyclic amines) is 1. The summed E-state index contributed by atoms with van der Waals surface area (Å²) in [5.74, 6) is -0.856. The number of ether oxygens (including phenoxy) is 2. The quantitative estimate of drug-likeness (QED) is 0.759. The van der Waals surface area contributed by atoms with Crippen LogP contribution in [0.15, 0.2) is 24.4 Å². The lowest BCUT2D eigenvalue weighted by Gasteiger charge is -2.37. The van der Waals surface area contributed by atoms with Crippen LogP contribution >= 0.6 is 34.5 Å². The van der Waals surface area contributed by atoms with Gasteiger partial charge in [-0.3, -0.25) is 4.90 Å². The molecule has 27 heavy (non-hydrogen) atoms. The van der Waals surface area contributed by atoms with E-state index in [-0.39, 0.29) is 11.9 Å². The van der Waals surface area contributed by atoms with E-state index in [9.17, 15) is 4.39 Å². The highest BCUT2D eigenvalue weighted by atomic mass is 35.5. The van der Waals surface area contributed by atoms with E-state index in [0.717, 1.165) is 37.4 Å². The Hall–Kier alpha value is -0.960. The molecule has 5 nitrogen and oxygen atoms in total. The third kappa shape index (κ3) is 4.72. The van der Waals surface area contributed by atoms with Crippen LogP contribution in [0.1, 0.15) is 17.7 Å². The first-order valence-corrected chi connectivity index (χ1v) is 10.4. The molecule has 2 saturated heterocycles. The maximum atomic E-state index is 13.8. The summed E-state index contributed by atoms with van der Waals surface area (Å²) >= 11 is 13.3. The molecule has 1 aromatic heterocycles. The predicted octanol–water partition coefficient (Wildman–Crippen LogP) is 4.41. The summed E-state index contributed by atoms with van der Waals surface area (Å²) in [4.78, 5) is 7.60. The molecule has 0 saturated carbocycles. The number of hydrogen-bond donors (Lipinski definition) is 1. The molecule has 1 spiro atoms. The second-order valence-corrected chi connectivity index (χ2v) is 8.96. The van der Waals surface area contributed by atoms with Gasteiger partial charge in [0.05, 0.1) is 12.3 Å². The fraction of sp³-hybridized carbons (Fsp3) is 0.500. The second-order valence-electron chi connectivity index (χ2n) is 6.82. The van der Waals surface area contributed by atoms with Crippen LogP contribution in [0.2, 0.25) is 9.49 Å². The summed E-state index contributed by atoms with van der Waals surface area (Å²) in [5, 5.41) is 3.56. The Kier molecular flexibility index (Phi) is 5.87. The van der Waals surface area contributed by atoms with E-state index < -0.39 is 5.79 Å². The van der Waals surface area contributed by atoms with E-state index in [2.05, 4.69) is 15.2 Å². The zero-order valence-electron chi connectivity index (χ0n) is 14.6. The van der Waals surface area contributed by atoms with Gasteiger partial charge in [-0.25, -0.2) is 9.37 Å². The van der Waals surface area contributed by atoms with Gasteiger partial charge in [0.25, 0.3) is 0 Å². The van der Waals surface area contributed by atoms with Crippen LogP contribution in [0.5, 0.6) is 0 Å². The van der Waals surface area contributed by atoms with Crippen LogP contribution in [0.4, 0.5) is 10.1 Å². The molecule has 3 heterocycles. The first kappa shape index (κ1) is 19.4. The Labute approximate surface area is 171 Å². The molecule has 1 aromatic carbocycles. The molecule has 1 atom stereocenters. The van der Waals surface area contributed by atoms with E-state index in [1.54, 1.807) is 6.07 Å². The van der Waals surface area contributed by atoms with Crippen molar-refractivity contribution in [3.8, 4) is 0 Å². The fourth-order valence-electron chi connectivity index (χ4n) is 3.47. The molecule has 146 valence electrons. The molecule has 0 amide bonds. The van der Waals surface area contributed by atoms with Crippen molar-refractivity contribution >= 4 is 40.2 Å². The highest BCUT2D eigenvalue weighted by Crippen LogP contribution is 2.35. The number of aromatic nitrogens is 1. The summed E-state index contributed by atoms with van der Waals surface area (Å²) in [7, 11) is 0. The van der Waals surface area contributed by atoms with Gasteiger partial charge in [0.1, 0.15) is 11.9 Å². The average Bonchev–Trinajstić information content (AvgIpc) is 3.24. The highest BCUT2D eigenvalue weighted by molar-refractivity contribution is 7.15. The fourth-order valence-corrected chi connectivity index (χ4v) is 4.66. The molecule has 1 N–H and O–H groups in total. The first-order valence-electron chi connectivity index (χ1n) is 8.85. The van der Waals surface area contributed by atoms with Crippen molar-refractivity contribution in [3.05, 3.63) is 44.6 Å². The molecule has 2 fully saturated rings. The monoisotopic (exact) mass is 431 g/mol. The predicted molar refractivity (Wildman–Crippen MR) is 105 cm³/mol. The van der Waals surface area contributed by atoms with Crippen LogP contribution in [0.3, 0.4) is 0 Å². The number of thiazole rings is 1. The summed E-state index contributed by atoms with van der Waals surface area (Å²) < 4.78 is 26.6. The lowest BCUT2D eigenvalue weighted by molar-refractivity contribution is -0.194. The Bertz CT molecular complexity index is 799. The number of rotatable bonds is 5. The largest absolute Gasteiger partial charge is 0.380 e. The second kappa shape index (κ2) is 8.19. The van der Waals surface area contributed by atoms with Gasteiger partial charge in [0.2, 0.25) is 0 Å². The molecular weight excluding hydrogens is 412 g/mol. The van der Waals surface area contributed by atoms with Gasteiger partial charge in [0, 0.05) is 55.1 Å². The van der Waals surface area contributed by atoms with Crippen LogP contribution in [-0.4, -0.2) is 48.0 Å². The van der Waals surface area contributed by atoms with E-state index in [1.807, 2.05) is 6.20 Å². The number of halogens is 3. The van der Waals surface area contributed by atoms with Gasteiger partial charge in [-0.2, -0.15) is 0 Å². The third-order valence-electron chi connectivity index (χ3n) is 4.88. The van der Waals surface area contributed by atoms with Crippen molar-refractivity contribution in [2.75, 3.05) is 31.6 Å². The van der Waals surface area contributed by atoms with Gasteiger partial charge in [-0.1, -0.05) is 23.2 Å². The number of anilines is 1. The van der Waals surface area contributed by atoms with Gasteiger partial charge in [-0.15, -0.1) is 11.3 Å². The topological polar surface area (TPSA) is 46.6 Å². The molecule has 2 aliphatic heterocycles. The lowest BCUT2D eigenvalue weighted by atomic mass is 10.0. The SMILES string of the molecule is Fc1ccc(Cl)cc1NCC1COC2(CCN(Cc3cnc(Cl)s3)CC2)O1. The smallest absolute Gasteiger partial charge is 0.183 e. The van der Waals surface area contributed by atoms with E-state index in [4.69, 9.17) is 32.7 Å². The number of piperidine rings is 1. The zero-order chi connectivity index (χ0) is 18.9. The summed E-state index contributed by atoms with van der Waals surface area (Å²) in [6.07, 6.45) is 3.33. The molecule has 1 unspecified atom stereocenters. The molecule has 4 rings (SSSR count).